The smallest absolute Gasteiger partial charge is 0.322 e. The largest absolute Gasteiger partial charge is 0.497 e. The van der Waals surface area contributed by atoms with E-state index in [1.807, 2.05) is 75.4 Å². The van der Waals surface area contributed by atoms with Crippen LogP contribution in [0.4, 0.5) is 16.3 Å². The lowest BCUT2D eigenvalue weighted by molar-refractivity contribution is -0.116. The molecule has 3 aromatic rings. The third-order valence-corrected chi connectivity index (χ3v) is 5.66. The second-order valence-corrected chi connectivity index (χ2v) is 10.3. The molecule has 0 saturated carbocycles. The molecule has 192 valence electrons. The number of nitrogens with one attached hydrogen (secondary N) is 2. The van der Waals surface area contributed by atoms with Crippen LogP contribution in [-0.4, -0.2) is 46.8 Å². The summed E-state index contributed by atoms with van der Waals surface area (Å²) in [6, 6.07) is 16.6. The zero-order valence-electron chi connectivity index (χ0n) is 22.3. The van der Waals surface area contributed by atoms with E-state index in [-0.39, 0.29) is 29.8 Å². The van der Waals surface area contributed by atoms with Crippen molar-refractivity contribution in [2.75, 3.05) is 30.8 Å². The van der Waals surface area contributed by atoms with Gasteiger partial charge in [-0.3, -0.25) is 4.79 Å². The van der Waals surface area contributed by atoms with Crippen molar-refractivity contribution in [1.82, 2.24) is 14.7 Å². The van der Waals surface area contributed by atoms with E-state index in [0.29, 0.717) is 12.4 Å². The van der Waals surface area contributed by atoms with Crippen molar-refractivity contribution in [3.8, 4) is 11.4 Å². The number of nitrogens with zero attached hydrogens (tertiary/aromatic N) is 3. The number of rotatable bonds is 8. The molecule has 0 fully saturated rings. The van der Waals surface area contributed by atoms with Gasteiger partial charge in [0.2, 0.25) is 5.91 Å². The summed E-state index contributed by atoms with van der Waals surface area (Å²) in [5.74, 6) is 1.17. The Morgan fingerprint density at radius 2 is 1.72 bits per heavy atom. The lowest BCUT2D eigenvalue weighted by atomic mass is 9.92. The van der Waals surface area contributed by atoms with Gasteiger partial charge >= 0.3 is 6.03 Å². The number of methoxy groups -OCH3 is 1. The Balaban J connectivity index is 1.83. The van der Waals surface area contributed by atoms with Gasteiger partial charge in [-0.1, -0.05) is 52.8 Å². The first-order valence-corrected chi connectivity index (χ1v) is 12.1. The molecular formula is C28H37N5O3. The van der Waals surface area contributed by atoms with E-state index < -0.39 is 0 Å². The summed E-state index contributed by atoms with van der Waals surface area (Å²) in [6.45, 7) is 12.5. The number of benzene rings is 2. The van der Waals surface area contributed by atoms with Crippen LogP contribution in [0.15, 0.2) is 54.6 Å². The number of hydrogen-bond donors (Lipinski definition) is 2. The van der Waals surface area contributed by atoms with Gasteiger partial charge in [0.25, 0.3) is 0 Å². The minimum Gasteiger partial charge on any atom is -0.497 e. The number of carbonyl (C=O) groups excluding carboxylic acids is 2. The van der Waals surface area contributed by atoms with Crippen LogP contribution in [0.2, 0.25) is 0 Å². The summed E-state index contributed by atoms with van der Waals surface area (Å²) in [5, 5.41) is 10.7. The van der Waals surface area contributed by atoms with Gasteiger partial charge in [-0.05, 0) is 48.7 Å². The Labute approximate surface area is 213 Å². The molecule has 2 aromatic carbocycles. The fourth-order valence-electron chi connectivity index (χ4n) is 3.68. The molecule has 0 aliphatic heterocycles. The Hall–Kier alpha value is -3.81. The Bertz CT molecular complexity index is 1190. The predicted molar refractivity (Wildman–Crippen MR) is 144 cm³/mol. The SMILES string of the molecule is COc1ccc(-n2nc(C(C)(C)C)cc2NC(=O)CN(CC(C)C)C(=O)Nc2ccccc2C)cc1. The molecule has 0 unspecified atom stereocenters. The normalized spacial score (nSPS) is 11.3. The third-order valence-electron chi connectivity index (χ3n) is 5.66. The van der Waals surface area contributed by atoms with Gasteiger partial charge in [-0.15, -0.1) is 0 Å². The van der Waals surface area contributed by atoms with Crippen molar-refractivity contribution in [3.63, 3.8) is 0 Å². The summed E-state index contributed by atoms with van der Waals surface area (Å²) in [7, 11) is 1.62. The minimum atomic E-state index is -0.313. The average molecular weight is 492 g/mol. The van der Waals surface area contributed by atoms with E-state index in [9.17, 15) is 9.59 Å². The van der Waals surface area contributed by atoms with E-state index in [4.69, 9.17) is 9.84 Å². The first kappa shape index (κ1) is 26.8. The van der Waals surface area contributed by atoms with Crippen LogP contribution in [0.1, 0.15) is 45.9 Å². The highest BCUT2D eigenvalue weighted by molar-refractivity contribution is 5.97. The molecule has 8 heteroatoms. The Morgan fingerprint density at radius 1 is 1.06 bits per heavy atom. The second kappa shape index (κ2) is 11.3. The van der Waals surface area contributed by atoms with Crippen molar-refractivity contribution in [1.29, 1.82) is 0 Å². The van der Waals surface area contributed by atoms with E-state index in [1.54, 1.807) is 11.8 Å². The van der Waals surface area contributed by atoms with Gasteiger partial charge in [0.05, 0.1) is 18.5 Å². The zero-order chi connectivity index (χ0) is 26.5. The minimum absolute atomic E-state index is 0.0888. The molecule has 8 nitrogen and oxygen atoms in total. The predicted octanol–water partition coefficient (Wildman–Crippen LogP) is 5.62. The van der Waals surface area contributed by atoms with Crippen molar-refractivity contribution >= 4 is 23.4 Å². The van der Waals surface area contributed by atoms with Crippen LogP contribution < -0.4 is 15.4 Å². The van der Waals surface area contributed by atoms with Crippen molar-refractivity contribution in [3.05, 3.63) is 65.9 Å². The van der Waals surface area contributed by atoms with E-state index in [1.165, 1.54) is 4.90 Å². The Morgan fingerprint density at radius 3 is 2.31 bits per heavy atom. The van der Waals surface area contributed by atoms with Gasteiger partial charge in [0, 0.05) is 23.7 Å². The number of aromatic nitrogens is 2. The number of carbonyl (C=O) groups is 2. The number of hydrogen-bond acceptors (Lipinski definition) is 4. The van der Waals surface area contributed by atoms with Crippen LogP contribution in [-0.2, 0) is 10.2 Å². The molecule has 0 aliphatic carbocycles. The van der Waals surface area contributed by atoms with Crippen LogP contribution >= 0.6 is 0 Å². The maximum absolute atomic E-state index is 13.2. The maximum atomic E-state index is 13.2. The van der Waals surface area contributed by atoms with E-state index in [0.717, 1.165) is 28.4 Å². The van der Waals surface area contributed by atoms with Gasteiger partial charge in [0.15, 0.2) is 0 Å². The van der Waals surface area contributed by atoms with Gasteiger partial charge in [-0.2, -0.15) is 5.10 Å². The summed E-state index contributed by atoms with van der Waals surface area (Å²) >= 11 is 0. The van der Waals surface area contributed by atoms with Crippen LogP contribution in [0.5, 0.6) is 5.75 Å². The number of para-hydroxylation sites is 1. The topological polar surface area (TPSA) is 88.5 Å². The molecule has 36 heavy (non-hydrogen) atoms. The summed E-state index contributed by atoms with van der Waals surface area (Å²) < 4.78 is 6.97. The number of anilines is 2. The van der Waals surface area contributed by atoms with Gasteiger partial charge in [0.1, 0.15) is 18.1 Å². The fraction of sp³-hybridized carbons (Fsp3) is 0.393. The standard InChI is InChI=1S/C28H37N5O3/c1-19(2)17-32(27(35)29-23-11-9-8-10-20(23)3)18-26(34)30-25-16-24(28(4,5)6)31-33(25)21-12-14-22(36-7)15-13-21/h8-16,19H,17-18H2,1-7H3,(H,29,35)(H,30,34). The highest BCUT2D eigenvalue weighted by Crippen LogP contribution is 2.27. The second-order valence-electron chi connectivity index (χ2n) is 10.3. The summed E-state index contributed by atoms with van der Waals surface area (Å²) in [4.78, 5) is 27.8. The molecule has 3 rings (SSSR count). The third kappa shape index (κ3) is 6.87. The molecule has 0 spiro atoms. The molecule has 2 N–H and O–H groups in total. The number of urea groups is 1. The Kier molecular flexibility index (Phi) is 8.40. The van der Waals surface area contributed by atoms with Crippen molar-refractivity contribution in [2.45, 2.75) is 47.0 Å². The highest BCUT2D eigenvalue weighted by atomic mass is 16.5. The van der Waals surface area contributed by atoms with Crippen molar-refractivity contribution < 1.29 is 14.3 Å². The number of aryl methyl sites for hydroxylation is 1. The van der Waals surface area contributed by atoms with E-state index >= 15 is 0 Å². The average Bonchev–Trinajstić information content (AvgIpc) is 3.24. The monoisotopic (exact) mass is 491 g/mol. The molecule has 0 atom stereocenters. The lowest BCUT2D eigenvalue weighted by Gasteiger charge is -2.25. The van der Waals surface area contributed by atoms with Gasteiger partial charge < -0.3 is 20.3 Å². The first-order valence-electron chi connectivity index (χ1n) is 12.1. The van der Waals surface area contributed by atoms with Crippen molar-refractivity contribution in [2.24, 2.45) is 5.92 Å². The van der Waals surface area contributed by atoms with E-state index in [2.05, 4.69) is 31.4 Å². The summed E-state index contributed by atoms with van der Waals surface area (Å²) in [5.41, 5.74) is 3.10. The van der Waals surface area contributed by atoms with Crippen LogP contribution in [0.3, 0.4) is 0 Å². The first-order chi connectivity index (χ1) is 17.0. The van der Waals surface area contributed by atoms with Gasteiger partial charge in [-0.25, -0.2) is 9.48 Å². The molecule has 0 saturated heterocycles. The number of ether oxygens (including phenoxy) is 1. The van der Waals surface area contributed by atoms with Crippen LogP contribution in [0, 0.1) is 12.8 Å². The highest BCUT2D eigenvalue weighted by Gasteiger charge is 2.24. The maximum Gasteiger partial charge on any atom is 0.322 e. The molecule has 0 aliphatic rings. The molecule has 3 amide bonds. The quantitative estimate of drug-likeness (QED) is 0.428. The molecule has 0 bridgehead atoms. The zero-order valence-corrected chi connectivity index (χ0v) is 22.3. The number of amides is 3. The lowest BCUT2D eigenvalue weighted by Crippen LogP contribution is -2.42. The molecule has 0 radical (unpaired) electrons. The molecular weight excluding hydrogens is 454 g/mol. The summed E-state index contributed by atoms with van der Waals surface area (Å²) in [6.07, 6.45) is 0. The fourth-order valence-corrected chi connectivity index (χ4v) is 3.68. The molecule has 1 heterocycles. The molecule has 1 aromatic heterocycles. The van der Waals surface area contributed by atoms with Crippen LogP contribution in [0.25, 0.3) is 5.69 Å².